The zero-order valence-electron chi connectivity index (χ0n) is 18.0. The number of nitrogens with zero attached hydrogens (tertiary/aromatic N) is 2. The van der Waals surface area contributed by atoms with Crippen LogP contribution in [0.1, 0.15) is 41.2 Å². The molecule has 5 rings (SSSR count). The van der Waals surface area contributed by atoms with Crippen molar-refractivity contribution in [3.8, 4) is 0 Å². The summed E-state index contributed by atoms with van der Waals surface area (Å²) in [4.78, 5) is 22.8. The molecule has 164 valence electrons. The fourth-order valence-corrected chi connectivity index (χ4v) is 5.13. The first-order valence-corrected chi connectivity index (χ1v) is 11.7. The number of carbonyl (C=O) groups excluding carboxylic acids is 1. The Bertz CT molecular complexity index is 1240. The van der Waals surface area contributed by atoms with E-state index < -0.39 is 0 Å². The number of aromatic nitrogens is 2. The largest absolute Gasteiger partial charge is 0.361 e. The number of amides is 1. The molecule has 1 aliphatic rings. The standard InChI is InChI=1S/C26H27ClN4O/c27-22-7-3-8-23-24(22)21(17-30-23)19-10-15-31(16-11-19)14-4-12-29-26(32)25-20-6-2-1-5-18(20)9-13-28-25/h1-3,5-9,13,17,19,30H,4,10-12,14-16H2,(H,29,32). The highest BCUT2D eigenvalue weighted by Gasteiger charge is 2.23. The Labute approximate surface area is 192 Å². The van der Waals surface area contributed by atoms with Crippen molar-refractivity contribution in [2.45, 2.75) is 25.2 Å². The van der Waals surface area contributed by atoms with Gasteiger partial charge in [0.1, 0.15) is 5.69 Å². The number of nitrogens with one attached hydrogen (secondary N) is 2. The number of benzene rings is 2. The van der Waals surface area contributed by atoms with Crippen LogP contribution in [0.2, 0.25) is 5.02 Å². The van der Waals surface area contributed by atoms with Crippen molar-refractivity contribution in [1.29, 1.82) is 0 Å². The van der Waals surface area contributed by atoms with Gasteiger partial charge in [-0.3, -0.25) is 9.78 Å². The number of rotatable bonds is 6. The highest BCUT2D eigenvalue weighted by molar-refractivity contribution is 6.35. The zero-order valence-corrected chi connectivity index (χ0v) is 18.7. The van der Waals surface area contributed by atoms with Crippen LogP contribution in [-0.2, 0) is 0 Å². The van der Waals surface area contributed by atoms with E-state index in [4.69, 9.17) is 11.6 Å². The number of H-pyrrole nitrogens is 1. The number of carbonyl (C=O) groups is 1. The second-order valence-electron chi connectivity index (χ2n) is 8.51. The van der Waals surface area contributed by atoms with E-state index in [1.807, 2.05) is 42.5 Å². The van der Waals surface area contributed by atoms with Gasteiger partial charge in [-0.15, -0.1) is 0 Å². The van der Waals surface area contributed by atoms with Crippen molar-refractivity contribution in [1.82, 2.24) is 20.2 Å². The van der Waals surface area contributed by atoms with Crippen molar-refractivity contribution >= 4 is 39.2 Å². The maximum Gasteiger partial charge on any atom is 0.270 e. The second-order valence-corrected chi connectivity index (χ2v) is 8.92. The minimum Gasteiger partial charge on any atom is -0.361 e. The number of hydrogen-bond acceptors (Lipinski definition) is 3. The summed E-state index contributed by atoms with van der Waals surface area (Å²) < 4.78 is 0. The second kappa shape index (κ2) is 9.31. The van der Waals surface area contributed by atoms with E-state index in [1.165, 1.54) is 10.9 Å². The van der Waals surface area contributed by atoms with Crippen molar-refractivity contribution < 1.29 is 4.79 Å². The van der Waals surface area contributed by atoms with Crippen molar-refractivity contribution in [3.63, 3.8) is 0 Å². The molecule has 0 bridgehead atoms. The van der Waals surface area contributed by atoms with Gasteiger partial charge < -0.3 is 15.2 Å². The predicted molar refractivity (Wildman–Crippen MR) is 130 cm³/mol. The monoisotopic (exact) mass is 446 g/mol. The number of halogens is 1. The fourth-order valence-electron chi connectivity index (χ4n) is 4.84. The molecule has 2 aromatic carbocycles. The summed E-state index contributed by atoms with van der Waals surface area (Å²) in [5.74, 6) is 0.439. The molecule has 3 heterocycles. The van der Waals surface area contributed by atoms with E-state index in [0.29, 0.717) is 18.2 Å². The Kier molecular flexibility index (Phi) is 6.10. The van der Waals surface area contributed by atoms with Gasteiger partial charge in [0.25, 0.3) is 5.91 Å². The fraction of sp³-hybridized carbons (Fsp3) is 0.308. The quantitative estimate of drug-likeness (QED) is 0.391. The van der Waals surface area contributed by atoms with Gasteiger partial charge in [-0.05, 0) is 74.0 Å². The first-order valence-electron chi connectivity index (χ1n) is 11.3. The number of hydrogen-bond donors (Lipinski definition) is 2. The molecule has 1 amide bonds. The zero-order chi connectivity index (χ0) is 21.9. The van der Waals surface area contributed by atoms with Gasteiger partial charge in [0.15, 0.2) is 0 Å². The van der Waals surface area contributed by atoms with Gasteiger partial charge in [-0.25, -0.2) is 0 Å². The van der Waals surface area contributed by atoms with Crippen molar-refractivity contribution in [3.05, 3.63) is 77.2 Å². The minimum atomic E-state index is -0.100. The number of fused-ring (bicyclic) bond motifs is 2. The molecule has 1 saturated heterocycles. The highest BCUT2D eigenvalue weighted by Crippen LogP contribution is 2.36. The maximum absolute atomic E-state index is 12.6. The van der Waals surface area contributed by atoms with Gasteiger partial charge in [0.05, 0.1) is 5.02 Å². The van der Waals surface area contributed by atoms with Gasteiger partial charge in [-0.1, -0.05) is 41.9 Å². The molecular formula is C26H27ClN4O. The Balaban J connectivity index is 1.10. The number of pyridine rings is 1. The molecule has 2 N–H and O–H groups in total. The molecule has 0 unspecified atom stereocenters. The van der Waals surface area contributed by atoms with E-state index in [9.17, 15) is 4.79 Å². The van der Waals surface area contributed by atoms with Crippen LogP contribution in [0.5, 0.6) is 0 Å². The summed E-state index contributed by atoms with van der Waals surface area (Å²) in [5.41, 5.74) is 2.97. The summed E-state index contributed by atoms with van der Waals surface area (Å²) in [6.45, 7) is 3.79. The smallest absolute Gasteiger partial charge is 0.270 e. The SMILES string of the molecule is O=C(NCCCN1CCC(c2c[nH]c3cccc(Cl)c23)CC1)c1nccc2ccccc12. The Morgan fingerprint density at radius 1 is 1.12 bits per heavy atom. The lowest BCUT2D eigenvalue weighted by atomic mass is 9.89. The van der Waals surface area contributed by atoms with E-state index in [2.05, 4.69) is 32.4 Å². The van der Waals surface area contributed by atoms with Crippen LogP contribution in [0.3, 0.4) is 0 Å². The third-order valence-corrected chi connectivity index (χ3v) is 6.85. The van der Waals surface area contributed by atoms with E-state index in [-0.39, 0.29) is 5.91 Å². The lowest BCUT2D eigenvalue weighted by molar-refractivity contribution is 0.0948. The summed E-state index contributed by atoms with van der Waals surface area (Å²) in [7, 11) is 0. The van der Waals surface area contributed by atoms with Gasteiger partial charge in [0, 0.05) is 35.2 Å². The van der Waals surface area contributed by atoms with Crippen LogP contribution < -0.4 is 5.32 Å². The van der Waals surface area contributed by atoms with Gasteiger partial charge in [-0.2, -0.15) is 0 Å². The van der Waals surface area contributed by atoms with Crippen molar-refractivity contribution in [2.75, 3.05) is 26.2 Å². The molecule has 6 heteroatoms. The Morgan fingerprint density at radius 2 is 1.97 bits per heavy atom. The van der Waals surface area contributed by atoms with Crippen LogP contribution in [-0.4, -0.2) is 47.0 Å². The Morgan fingerprint density at radius 3 is 2.84 bits per heavy atom. The molecule has 4 aromatic rings. The molecule has 0 atom stereocenters. The first kappa shape index (κ1) is 21.0. The van der Waals surface area contributed by atoms with Crippen LogP contribution in [0.15, 0.2) is 60.9 Å². The highest BCUT2D eigenvalue weighted by atomic mass is 35.5. The number of piperidine rings is 1. The molecule has 1 aliphatic heterocycles. The third-order valence-electron chi connectivity index (χ3n) is 6.54. The molecule has 0 aliphatic carbocycles. The molecular weight excluding hydrogens is 420 g/mol. The van der Waals surface area contributed by atoms with Crippen LogP contribution in [0.25, 0.3) is 21.7 Å². The summed E-state index contributed by atoms with van der Waals surface area (Å²) >= 11 is 6.47. The van der Waals surface area contributed by atoms with Crippen LogP contribution in [0, 0.1) is 0 Å². The topological polar surface area (TPSA) is 61.0 Å². The predicted octanol–water partition coefficient (Wildman–Crippen LogP) is 5.37. The van der Waals surface area contributed by atoms with Crippen LogP contribution >= 0.6 is 11.6 Å². The number of aromatic amines is 1. The average Bonchev–Trinajstić information content (AvgIpc) is 3.27. The van der Waals surface area contributed by atoms with Crippen LogP contribution in [0.4, 0.5) is 0 Å². The van der Waals surface area contributed by atoms with Gasteiger partial charge >= 0.3 is 0 Å². The molecule has 0 spiro atoms. The van der Waals surface area contributed by atoms with E-state index in [1.54, 1.807) is 6.20 Å². The summed E-state index contributed by atoms with van der Waals surface area (Å²) in [6, 6.07) is 15.8. The molecule has 2 aromatic heterocycles. The molecule has 0 radical (unpaired) electrons. The molecule has 0 saturated carbocycles. The summed E-state index contributed by atoms with van der Waals surface area (Å²) in [5, 5.41) is 6.98. The molecule has 5 nitrogen and oxygen atoms in total. The van der Waals surface area contributed by atoms with Crippen molar-refractivity contribution in [2.24, 2.45) is 0 Å². The average molecular weight is 447 g/mol. The lowest BCUT2D eigenvalue weighted by Gasteiger charge is -2.32. The number of likely N-dealkylation sites (tertiary alicyclic amines) is 1. The van der Waals surface area contributed by atoms with Gasteiger partial charge in [0.2, 0.25) is 0 Å². The third kappa shape index (κ3) is 4.23. The first-order chi connectivity index (χ1) is 15.7. The Hall–Kier alpha value is -2.89. The normalized spacial score (nSPS) is 15.4. The maximum atomic E-state index is 12.6. The molecule has 1 fully saturated rings. The summed E-state index contributed by atoms with van der Waals surface area (Å²) in [6.07, 6.45) is 7.02. The van der Waals surface area contributed by atoms with E-state index in [0.717, 1.165) is 60.2 Å². The lowest BCUT2D eigenvalue weighted by Crippen LogP contribution is -2.35. The molecule has 32 heavy (non-hydrogen) atoms. The van der Waals surface area contributed by atoms with E-state index >= 15 is 0 Å². The minimum absolute atomic E-state index is 0.100.